The van der Waals surface area contributed by atoms with E-state index in [0.717, 1.165) is 6.41 Å². The Morgan fingerprint density at radius 3 is 1.31 bits per heavy atom. The third-order valence-electron chi connectivity index (χ3n) is 2.99. The molecule has 0 saturated heterocycles. The number of hydrogen-bond donors (Lipinski definition) is 0. The van der Waals surface area contributed by atoms with Crippen molar-refractivity contribution in [3.63, 3.8) is 0 Å². The second-order valence-corrected chi connectivity index (χ2v) is 4.52. The average molecular weight is 185 g/mol. The summed E-state index contributed by atoms with van der Waals surface area (Å²) in [6.45, 7) is 12.8. The average Bonchev–Trinajstić information content (AvgIpc) is 2.04. The van der Waals surface area contributed by atoms with Crippen LogP contribution in [-0.4, -0.2) is 23.4 Å². The molecule has 0 aromatic rings. The van der Waals surface area contributed by atoms with Gasteiger partial charge in [-0.25, -0.2) is 0 Å². The highest BCUT2D eigenvalue weighted by atomic mass is 16.1. The molecule has 13 heavy (non-hydrogen) atoms. The summed E-state index contributed by atoms with van der Waals surface area (Å²) in [4.78, 5) is 12.8. The first-order valence-electron chi connectivity index (χ1n) is 5.14. The summed E-state index contributed by atoms with van der Waals surface area (Å²) in [7, 11) is 0. The number of hydrogen-bond acceptors (Lipinski definition) is 1. The van der Waals surface area contributed by atoms with Crippen LogP contribution in [0.5, 0.6) is 0 Å². The van der Waals surface area contributed by atoms with Crippen molar-refractivity contribution in [3.05, 3.63) is 0 Å². The predicted molar refractivity (Wildman–Crippen MR) is 56.5 cm³/mol. The molecule has 0 saturated carbocycles. The summed E-state index contributed by atoms with van der Waals surface area (Å²) in [6.07, 6.45) is 0.981. The monoisotopic (exact) mass is 185 g/mol. The zero-order chi connectivity index (χ0) is 10.6. The van der Waals surface area contributed by atoms with E-state index in [-0.39, 0.29) is 0 Å². The molecule has 0 bridgehead atoms. The summed E-state index contributed by atoms with van der Waals surface area (Å²) in [5, 5.41) is 0. The Kier molecular flexibility index (Phi) is 5.04. The summed E-state index contributed by atoms with van der Waals surface area (Å²) in [6, 6.07) is 0.657. The topological polar surface area (TPSA) is 20.3 Å². The van der Waals surface area contributed by atoms with Crippen LogP contribution in [0.4, 0.5) is 0 Å². The van der Waals surface area contributed by atoms with E-state index in [1.807, 2.05) is 4.90 Å². The van der Waals surface area contributed by atoms with Gasteiger partial charge < -0.3 is 4.90 Å². The molecule has 0 aromatic carbocycles. The Balaban J connectivity index is 4.40. The van der Waals surface area contributed by atoms with Crippen molar-refractivity contribution < 1.29 is 4.79 Å². The van der Waals surface area contributed by atoms with Gasteiger partial charge in [0.1, 0.15) is 0 Å². The molecule has 0 rings (SSSR count). The van der Waals surface area contributed by atoms with Crippen molar-refractivity contribution >= 4 is 6.41 Å². The van der Waals surface area contributed by atoms with Gasteiger partial charge in [-0.05, 0) is 25.7 Å². The molecule has 0 aromatic heterocycles. The molecule has 0 aliphatic rings. The molecule has 2 nitrogen and oxygen atoms in total. The predicted octanol–water partition coefficient (Wildman–Crippen LogP) is 2.53. The molecule has 0 heterocycles. The van der Waals surface area contributed by atoms with Crippen LogP contribution in [0.1, 0.15) is 41.5 Å². The van der Waals surface area contributed by atoms with Gasteiger partial charge in [0.2, 0.25) is 6.41 Å². The molecule has 0 radical (unpaired) electrons. The Labute approximate surface area is 82.3 Å². The second kappa shape index (κ2) is 5.25. The van der Waals surface area contributed by atoms with E-state index < -0.39 is 0 Å². The summed E-state index contributed by atoms with van der Waals surface area (Å²) >= 11 is 0. The van der Waals surface area contributed by atoms with E-state index in [0.29, 0.717) is 23.9 Å². The Hall–Kier alpha value is -0.530. The highest BCUT2D eigenvalue weighted by Gasteiger charge is 2.22. The summed E-state index contributed by atoms with van der Waals surface area (Å²) < 4.78 is 0. The van der Waals surface area contributed by atoms with E-state index in [4.69, 9.17) is 0 Å². The molecule has 0 fully saturated rings. The largest absolute Gasteiger partial charge is 0.339 e. The van der Waals surface area contributed by atoms with E-state index in [9.17, 15) is 4.79 Å². The third-order valence-corrected chi connectivity index (χ3v) is 2.99. The van der Waals surface area contributed by atoms with Crippen LogP contribution in [0, 0.1) is 11.8 Å². The van der Waals surface area contributed by atoms with E-state index >= 15 is 0 Å². The molecule has 0 aliphatic heterocycles. The number of carbonyl (C=O) groups is 1. The summed E-state index contributed by atoms with van der Waals surface area (Å²) in [5.41, 5.74) is 0. The van der Waals surface area contributed by atoms with Crippen molar-refractivity contribution in [1.29, 1.82) is 0 Å². The van der Waals surface area contributed by atoms with Gasteiger partial charge in [-0.3, -0.25) is 4.79 Å². The third kappa shape index (κ3) is 3.37. The van der Waals surface area contributed by atoms with Crippen LogP contribution >= 0.6 is 0 Å². The normalized spacial score (nSPS) is 16.0. The maximum atomic E-state index is 10.9. The molecule has 78 valence electrons. The minimum Gasteiger partial charge on any atom is -0.339 e. The summed E-state index contributed by atoms with van der Waals surface area (Å²) in [5.74, 6) is 1.04. The molecule has 2 atom stereocenters. The van der Waals surface area contributed by atoms with Gasteiger partial charge in [0.25, 0.3) is 0 Å². The maximum absolute atomic E-state index is 10.9. The lowest BCUT2D eigenvalue weighted by Crippen LogP contribution is -2.44. The molecule has 0 N–H and O–H groups in total. The number of carbonyl (C=O) groups excluding carboxylic acids is 1. The van der Waals surface area contributed by atoms with Gasteiger partial charge in [0, 0.05) is 12.1 Å². The van der Waals surface area contributed by atoms with Crippen LogP contribution < -0.4 is 0 Å². The highest BCUT2D eigenvalue weighted by Crippen LogP contribution is 2.16. The van der Waals surface area contributed by atoms with Gasteiger partial charge in [0.05, 0.1) is 0 Å². The number of rotatable bonds is 5. The molecular formula is C11H23NO. The number of amides is 1. The van der Waals surface area contributed by atoms with Crippen LogP contribution in [0.25, 0.3) is 0 Å². The van der Waals surface area contributed by atoms with Crippen molar-refractivity contribution in [3.8, 4) is 0 Å². The molecule has 0 aliphatic carbocycles. The zero-order valence-corrected chi connectivity index (χ0v) is 9.74. The Bertz CT molecular complexity index is 140. The SMILES string of the molecule is CC(C)C(C)N(C=O)C(C)C(C)C. The fraction of sp³-hybridized carbons (Fsp3) is 0.909. The first kappa shape index (κ1) is 12.5. The van der Waals surface area contributed by atoms with E-state index in [2.05, 4.69) is 41.5 Å². The van der Waals surface area contributed by atoms with Crippen molar-refractivity contribution in [1.82, 2.24) is 4.90 Å². The van der Waals surface area contributed by atoms with Gasteiger partial charge in [-0.15, -0.1) is 0 Å². The van der Waals surface area contributed by atoms with Gasteiger partial charge >= 0.3 is 0 Å². The van der Waals surface area contributed by atoms with Crippen LogP contribution in [0.3, 0.4) is 0 Å². The quantitative estimate of drug-likeness (QED) is 0.603. The first-order valence-corrected chi connectivity index (χ1v) is 5.14. The minimum absolute atomic E-state index is 0.329. The fourth-order valence-corrected chi connectivity index (χ4v) is 1.25. The van der Waals surface area contributed by atoms with Crippen LogP contribution in [-0.2, 0) is 4.79 Å². The lowest BCUT2D eigenvalue weighted by Gasteiger charge is -2.35. The lowest BCUT2D eigenvalue weighted by atomic mass is 9.99. The highest BCUT2D eigenvalue weighted by molar-refractivity contribution is 5.48. The van der Waals surface area contributed by atoms with E-state index in [1.54, 1.807) is 0 Å². The van der Waals surface area contributed by atoms with Crippen molar-refractivity contribution in [2.24, 2.45) is 11.8 Å². The smallest absolute Gasteiger partial charge is 0.210 e. The molecule has 2 heteroatoms. The standard InChI is InChI=1S/C11H23NO/c1-8(2)10(5)12(7-13)11(6)9(3)4/h7-11H,1-6H3. The van der Waals surface area contributed by atoms with Crippen molar-refractivity contribution in [2.75, 3.05) is 0 Å². The van der Waals surface area contributed by atoms with Gasteiger partial charge in [-0.1, -0.05) is 27.7 Å². The Morgan fingerprint density at radius 1 is 0.846 bits per heavy atom. The fourth-order valence-electron chi connectivity index (χ4n) is 1.25. The molecule has 1 amide bonds. The van der Waals surface area contributed by atoms with Crippen LogP contribution in [0.15, 0.2) is 0 Å². The molecule has 2 unspecified atom stereocenters. The van der Waals surface area contributed by atoms with Crippen molar-refractivity contribution in [2.45, 2.75) is 53.6 Å². The van der Waals surface area contributed by atoms with E-state index in [1.165, 1.54) is 0 Å². The zero-order valence-electron chi connectivity index (χ0n) is 9.74. The van der Waals surface area contributed by atoms with Gasteiger partial charge in [-0.2, -0.15) is 0 Å². The lowest BCUT2D eigenvalue weighted by molar-refractivity contribution is -0.123. The second-order valence-electron chi connectivity index (χ2n) is 4.52. The first-order chi connectivity index (χ1) is 5.91. The Morgan fingerprint density at radius 2 is 1.15 bits per heavy atom. The van der Waals surface area contributed by atoms with Gasteiger partial charge in [0.15, 0.2) is 0 Å². The minimum atomic E-state index is 0.329. The van der Waals surface area contributed by atoms with Crippen LogP contribution in [0.2, 0.25) is 0 Å². The molecule has 0 spiro atoms. The number of nitrogens with zero attached hydrogens (tertiary/aromatic N) is 1. The maximum Gasteiger partial charge on any atom is 0.210 e. The molecular weight excluding hydrogens is 162 g/mol.